The average Bonchev–Trinajstić information content (AvgIpc) is 2.86. The Morgan fingerprint density at radius 3 is 2.72 bits per heavy atom. The van der Waals surface area contributed by atoms with Gasteiger partial charge in [0.15, 0.2) is 0 Å². The Morgan fingerprint density at radius 2 is 1.89 bits per heavy atom. The van der Waals surface area contributed by atoms with E-state index in [4.69, 9.17) is 11.6 Å². The Kier molecular flexibility index (Phi) is 3.03. The number of rotatable bonds is 3. The molecule has 2 aromatic carbocycles. The molecule has 3 heteroatoms. The maximum Gasteiger partial charge on any atom is 0.0951 e. The van der Waals surface area contributed by atoms with E-state index in [9.17, 15) is 0 Å². The third-order valence-electron chi connectivity index (χ3n) is 3.10. The Hall–Kier alpha value is -1.80. The summed E-state index contributed by atoms with van der Waals surface area (Å²) in [6.45, 7) is 0.812. The van der Waals surface area contributed by atoms with Crippen LogP contribution in [0.1, 0.15) is 11.3 Å². The summed E-state index contributed by atoms with van der Waals surface area (Å²) in [6, 6.07) is 14.9. The van der Waals surface area contributed by atoms with Crippen LogP contribution in [0.5, 0.6) is 0 Å². The van der Waals surface area contributed by atoms with Crippen LogP contribution >= 0.6 is 11.6 Å². The minimum atomic E-state index is 0.494. The maximum absolute atomic E-state index is 5.87. The van der Waals surface area contributed by atoms with Gasteiger partial charge in [-0.1, -0.05) is 36.4 Å². The molecule has 90 valence electrons. The first kappa shape index (κ1) is 11.3. The molecule has 3 rings (SSSR count). The molecule has 2 nitrogen and oxygen atoms in total. The van der Waals surface area contributed by atoms with Crippen molar-refractivity contribution in [1.82, 2.24) is 9.55 Å². The van der Waals surface area contributed by atoms with Gasteiger partial charge in [-0.2, -0.15) is 0 Å². The molecule has 0 radical (unpaired) electrons. The number of aromatic nitrogens is 2. The molecule has 3 aromatic rings. The molecule has 18 heavy (non-hydrogen) atoms. The molecule has 0 amide bonds. The summed E-state index contributed by atoms with van der Waals surface area (Å²) in [4.78, 5) is 4.13. The van der Waals surface area contributed by atoms with Crippen LogP contribution in [-0.4, -0.2) is 9.55 Å². The molecule has 0 bridgehead atoms. The molecule has 0 N–H and O–H groups in total. The van der Waals surface area contributed by atoms with Gasteiger partial charge >= 0.3 is 0 Å². The van der Waals surface area contributed by atoms with E-state index in [1.54, 1.807) is 0 Å². The van der Waals surface area contributed by atoms with E-state index in [0.717, 1.165) is 12.2 Å². The van der Waals surface area contributed by atoms with Crippen LogP contribution in [0.4, 0.5) is 0 Å². The lowest BCUT2D eigenvalue weighted by Crippen LogP contribution is -2.01. The first-order chi connectivity index (χ1) is 8.86. The summed E-state index contributed by atoms with van der Waals surface area (Å²) in [7, 11) is 0. The van der Waals surface area contributed by atoms with Crippen LogP contribution < -0.4 is 0 Å². The Labute approximate surface area is 111 Å². The van der Waals surface area contributed by atoms with E-state index < -0.39 is 0 Å². The molecule has 0 aliphatic heterocycles. The second kappa shape index (κ2) is 4.83. The third kappa shape index (κ3) is 2.12. The minimum absolute atomic E-state index is 0.494. The normalized spacial score (nSPS) is 10.9. The van der Waals surface area contributed by atoms with Crippen molar-refractivity contribution >= 4 is 22.4 Å². The van der Waals surface area contributed by atoms with Crippen LogP contribution in [-0.2, 0) is 12.4 Å². The van der Waals surface area contributed by atoms with Gasteiger partial charge in [-0.25, -0.2) is 4.98 Å². The summed E-state index contributed by atoms with van der Waals surface area (Å²) in [5.41, 5.74) is 2.31. The van der Waals surface area contributed by atoms with Crippen LogP contribution in [0.25, 0.3) is 10.8 Å². The Bertz CT molecular complexity index is 673. The fourth-order valence-corrected chi connectivity index (χ4v) is 2.36. The van der Waals surface area contributed by atoms with E-state index in [2.05, 4.69) is 52.0 Å². The van der Waals surface area contributed by atoms with Gasteiger partial charge in [0.1, 0.15) is 0 Å². The minimum Gasteiger partial charge on any atom is -0.329 e. The summed E-state index contributed by atoms with van der Waals surface area (Å²) >= 11 is 5.87. The Morgan fingerprint density at radius 1 is 1.06 bits per heavy atom. The maximum atomic E-state index is 5.87. The first-order valence-electron chi connectivity index (χ1n) is 5.89. The van der Waals surface area contributed by atoms with Gasteiger partial charge < -0.3 is 4.57 Å². The first-order valence-corrected chi connectivity index (χ1v) is 6.43. The summed E-state index contributed by atoms with van der Waals surface area (Å²) < 4.78 is 2.08. The molecule has 0 spiro atoms. The largest absolute Gasteiger partial charge is 0.329 e. The quantitative estimate of drug-likeness (QED) is 0.652. The number of benzene rings is 2. The van der Waals surface area contributed by atoms with Crippen molar-refractivity contribution in [1.29, 1.82) is 0 Å². The fourth-order valence-electron chi connectivity index (χ4n) is 2.14. The molecular formula is C15H13ClN2. The molecule has 0 aliphatic carbocycles. The van der Waals surface area contributed by atoms with Crippen molar-refractivity contribution in [3.63, 3.8) is 0 Å². The van der Waals surface area contributed by atoms with Crippen molar-refractivity contribution < 1.29 is 0 Å². The van der Waals surface area contributed by atoms with Crippen LogP contribution in [0, 0.1) is 0 Å². The van der Waals surface area contributed by atoms with Crippen molar-refractivity contribution in [2.75, 3.05) is 0 Å². The molecule has 1 aromatic heterocycles. The fraction of sp³-hybridized carbons (Fsp3) is 0.133. The molecule has 1 heterocycles. The van der Waals surface area contributed by atoms with E-state index in [-0.39, 0.29) is 0 Å². The molecule has 0 saturated heterocycles. The highest BCUT2D eigenvalue weighted by molar-refractivity contribution is 6.16. The number of imidazole rings is 1. The number of nitrogens with zero attached hydrogens (tertiary/aromatic N) is 2. The van der Waals surface area contributed by atoms with Crippen molar-refractivity contribution in [3.8, 4) is 0 Å². The predicted octanol–water partition coefficient (Wildman–Crippen LogP) is 3.82. The predicted molar refractivity (Wildman–Crippen MR) is 74.8 cm³/mol. The van der Waals surface area contributed by atoms with Crippen molar-refractivity contribution in [3.05, 3.63) is 66.2 Å². The van der Waals surface area contributed by atoms with E-state index in [0.29, 0.717) is 5.88 Å². The highest BCUT2D eigenvalue weighted by Crippen LogP contribution is 2.17. The number of fused-ring (bicyclic) bond motifs is 1. The van der Waals surface area contributed by atoms with Crippen molar-refractivity contribution in [2.45, 2.75) is 12.4 Å². The topological polar surface area (TPSA) is 17.8 Å². The molecule has 0 aliphatic rings. The molecule has 0 unspecified atom stereocenters. The van der Waals surface area contributed by atoms with Gasteiger partial charge in [0, 0.05) is 12.7 Å². The van der Waals surface area contributed by atoms with Gasteiger partial charge in [0.2, 0.25) is 0 Å². The molecule has 0 fully saturated rings. The lowest BCUT2D eigenvalue weighted by atomic mass is 10.1. The Balaban J connectivity index is 1.95. The van der Waals surface area contributed by atoms with E-state index in [1.807, 2.05) is 12.5 Å². The third-order valence-corrected chi connectivity index (χ3v) is 3.38. The van der Waals surface area contributed by atoms with Crippen LogP contribution in [0.15, 0.2) is 55.0 Å². The lowest BCUT2D eigenvalue weighted by molar-refractivity contribution is 0.766. The number of hydrogen-bond donors (Lipinski definition) is 0. The summed E-state index contributed by atoms with van der Waals surface area (Å²) in [5, 5.41) is 2.53. The van der Waals surface area contributed by atoms with Gasteiger partial charge in [-0.05, 0) is 22.4 Å². The summed E-state index contributed by atoms with van der Waals surface area (Å²) in [6.07, 6.45) is 3.64. The van der Waals surface area contributed by atoms with E-state index >= 15 is 0 Å². The molecule has 0 atom stereocenters. The monoisotopic (exact) mass is 256 g/mol. The van der Waals surface area contributed by atoms with Gasteiger partial charge in [-0.15, -0.1) is 11.6 Å². The van der Waals surface area contributed by atoms with Gasteiger partial charge in [-0.3, -0.25) is 0 Å². The number of halogens is 1. The second-order valence-electron chi connectivity index (χ2n) is 4.33. The second-order valence-corrected chi connectivity index (χ2v) is 4.60. The number of hydrogen-bond acceptors (Lipinski definition) is 1. The smallest absolute Gasteiger partial charge is 0.0951 e. The van der Waals surface area contributed by atoms with E-state index in [1.165, 1.54) is 16.3 Å². The standard InChI is InChI=1S/C15H13ClN2/c16-8-15-9-17-11-18(15)10-12-5-6-13-3-1-2-4-14(13)7-12/h1-7,9,11H,8,10H2. The lowest BCUT2D eigenvalue weighted by Gasteiger charge is -2.07. The summed E-state index contributed by atoms with van der Waals surface area (Å²) in [5.74, 6) is 0.494. The highest BCUT2D eigenvalue weighted by Gasteiger charge is 2.02. The molecular weight excluding hydrogens is 244 g/mol. The van der Waals surface area contributed by atoms with Gasteiger partial charge in [0.25, 0.3) is 0 Å². The van der Waals surface area contributed by atoms with Crippen molar-refractivity contribution in [2.24, 2.45) is 0 Å². The molecule has 0 saturated carbocycles. The van der Waals surface area contributed by atoms with Crippen LogP contribution in [0.3, 0.4) is 0 Å². The number of alkyl halides is 1. The zero-order chi connectivity index (χ0) is 12.4. The zero-order valence-electron chi connectivity index (χ0n) is 9.88. The zero-order valence-corrected chi connectivity index (χ0v) is 10.6. The highest BCUT2D eigenvalue weighted by atomic mass is 35.5. The van der Waals surface area contributed by atoms with Crippen LogP contribution in [0.2, 0.25) is 0 Å². The average molecular weight is 257 g/mol. The van der Waals surface area contributed by atoms with Gasteiger partial charge in [0.05, 0.1) is 17.9 Å². The SMILES string of the molecule is ClCc1cncn1Cc1ccc2ccccc2c1.